The van der Waals surface area contributed by atoms with Gasteiger partial charge in [0.15, 0.2) is 0 Å². The van der Waals surface area contributed by atoms with Crippen molar-refractivity contribution < 1.29 is 23.8 Å². The lowest BCUT2D eigenvalue weighted by atomic mass is 10.0. The van der Waals surface area contributed by atoms with Crippen LogP contribution in [0.2, 0.25) is 0 Å². The highest BCUT2D eigenvalue weighted by molar-refractivity contribution is 5.85. The molecular formula is C25H34ClFN4O4. The number of carboxylic acids is 1. The lowest BCUT2D eigenvalue weighted by Crippen LogP contribution is -2.44. The highest BCUT2D eigenvalue weighted by Gasteiger charge is 2.34. The van der Waals surface area contributed by atoms with E-state index in [4.69, 9.17) is 9.47 Å². The SMILES string of the molecule is COc1ccc(F)c(N2CCC(N(C)c3ccc(N4C[C@H](OC)C[C@@H]4CC(=O)O)cn3)CC2)c1.Cl. The van der Waals surface area contributed by atoms with E-state index in [1.807, 2.05) is 25.4 Å². The normalized spacial score (nSPS) is 20.5. The van der Waals surface area contributed by atoms with Crippen LogP contribution in [0.5, 0.6) is 5.75 Å². The van der Waals surface area contributed by atoms with E-state index in [0.717, 1.165) is 37.4 Å². The van der Waals surface area contributed by atoms with E-state index in [-0.39, 0.29) is 36.8 Å². The molecule has 0 aliphatic carbocycles. The minimum Gasteiger partial charge on any atom is -0.497 e. The van der Waals surface area contributed by atoms with Gasteiger partial charge < -0.3 is 29.3 Å². The van der Waals surface area contributed by atoms with E-state index < -0.39 is 5.97 Å². The third-order valence-electron chi connectivity index (χ3n) is 7.05. The average molecular weight is 509 g/mol. The molecule has 4 rings (SSSR count). The fraction of sp³-hybridized carbons (Fsp3) is 0.520. The molecule has 10 heteroatoms. The molecule has 1 aromatic heterocycles. The Morgan fingerprint density at radius 3 is 2.57 bits per heavy atom. The summed E-state index contributed by atoms with van der Waals surface area (Å²) in [7, 11) is 5.29. The van der Waals surface area contributed by atoms with Crippen LogP contribution < -0.4 is 19.4 Å². The molecule has 2 aliphatic rings. The van der Waals surface area contributed by atoms with Gasteiger partial charge in [-0.2, -0.15) is 0 Å². The summed E-state index contributed by atoms with van der Waals surface area (Å²) < 4.78 is 25.1. The van der Waals surface area contributed by atoms with Crippen LogP contribution in [-0.4, -0.2) is 75.1 Å². The zero-order valence-corrected chi connectivity index (χ0v) is 21.2. The van der Waals surface area contributed by atoms with E-state index in [9.17, 15) is 14.3 Å². The molecular weight excluding hydrogens is 475 g/mol. The number of ether oxygens (including phenoxy) is 2. The Balaban J connectivity index is 0.00000342. The average Bonchev–Trinajstić information content (AvgIpc) is 3.26. The second-order valence-electron chi connectivity index (χ2n) is 9.02. The van der Waals surface area contributed by atoms with Gasteiger partial charge in [-0.3, -0.25) is 4.79 Å². The molecule has 2 saturated heterocycles. The Kier molecular flexibility index (Phi) is 9.02. The van der Waals surface area contributed by atoms with Gasteiger partial charge in [-0.15, -0.1) is 12.4 Å². The number of carboxylic acid groups (broad SMARTS) is 1. The van der Waals surface area contributed by atoms with Gasteiger partial charge in [0.2, 0.25) is 0 Å². The van der Waals surface area contributed by atoms with Gasteiger partial charge in [0.05, 0.1) is 37.2 Å². The van der Waals surface area contributed by atoms with Crippen LogP contribution >= 0.6 is 12.4 Å². The summed E-state index contributed by atoms with van der Waals surface area (Å²) >= 11 is 0. The Bertz CT molecular complexity index is 988. The number of rotatable bonds is 8. The molecule has 2 atom stereocenters. The first-order chi connectivity index (χ1) is 16.4. The van der Waals surface area contributed by atoms with E-state index in [0.29, 0.717) is 30.4 Å². The van der Waals surface area contributed by atoms with Crippen LogP contribution in [0.3, 0.4) is 0 Å². The van der Waals surface area contributed by atoms with Crippen LogP contribution in [0.15, 0.2) is 36.5 Å². The number of hydrogen-bond acceptors (Lipinski definition) is 7. The number of anilines is 3. The molecule has 0 bridgehead atoms. The quantitative estimate of drug-likeness (QED) is 0.576. The summed E-state index contributed by atoms with van der Waals surface area (Å²) in [6.07, 6.45) is 4.38. The first-order valence-electron chi connectivity index (χ1n) is 11.7. The monoisotopic (exact) mass is 508 g/mol. The largest absolute Gasteiger partial charge is 0.497 e. The maximum Gasteiger partial charge on any atom is 0.305 e. The molecule has 2 aliphatic heterocycles. The second kappa shape index (κ2) is 11.8. The summed E-state index contributed by atoms with van der Waals surface area (Å²) in [5.41, 5.74) is 1.49. The van der Waals surface area contributed by atoms with Crippen molar-refractivity contribution in [2.45, 2.75) is 43.9 Å². The van der Waals surface area contributed by atoms with Crippen molar-refractivity contribution in [2.75, 3.05) is 55.6 Å². The van der Waals surface area contributed by atoms with Crippen LogP contribution in [-0.2, 0) is 9.53 Å². The van der Waals surface area contributed by atoms with Gasteiger partial charge in [0, 0.05) is 51.9 Å². The van der Waals surface area contributed by atoms with Crippen LogP contribution in [0, 0.1) is 5.82 Å². The topological polar surface area (TPSA) is 78.4 Å². The van der Waals surface area contributed by atoms with Crippen molar-refractivity contribution in [3.63, 3.8) is 0 Å². The van der Waals surface area contributed by atoms with Crippen LogP contribution in [0.4, 0.5) is 21.6 Å². The van der Waals surface area contributed by atoms with E-state index in [2.05, 4.69) is 19.7 Å². The number of piperidine rings is 1. The molecule has 35 heavy (non-hydrogen) atoms. The van der Waals surface area contributed by atoms with Gasteiger partial charge in [-0.25, -0.2) is 9.37 Å². The molecule has 192 valence electrons. The van der Waals surface area contributed by atoms with Gasteiger partial charge in [-0.1, -0.05) is 0 Å². The molecule has 0 unspecified atom stereocenters. The van der Waals surface area contributed by atoms with Gasteiger partial charge in [-0.05, 0) is 43.5 Å². The number of benzene rings is 1. The van der Waals surface area contributed by atoms with Crippen molar-refractivity contribution in [3.05, 3.63) is 42.3 Å². The molecule has 1 aromatic carbocycles. The van der Waals surface area contributed by atoms with Crippen LogP contribution in [0.1, 0.15) is 25.7 Å². The van der Waals surface area contributed by atoms with Crippen molar-refractivity contribution in [2.24, 2.45) is 0 Å². The number of aliphatic carboxylic acids is 1. The lowest BCUT2D eigenvalue weighted by Gasteiger charge is -2.38. The molecule has 3 heterocycles. The molecule has 1 N–H and O–H groups in total. The minimum absolute atomic E-state index is 0. The first-order valence-corrected chi connectivity index (χ1v) is 11.7. The zero-order valence-electron chi connectivity index (χ0n) is 20.4. The predicted molar refractivity (Wildman–Crippen MR) is 137 cm³/mol. The maximum absolute atomic E-state index is 14.4. The molecule has 2 fully saturated rings. The number of nitrogens with zero attached hydrogens (tertiary/aromatic N) is 4. The highest BCUT2D eigenvalue weighted by atomic mass is 35.5. The van der Waals surface area contributed by atoms with E-state index >= 15 is 0 Å². The van der Waals surface area contributed by atoms with Crippen molar-refractivity contribution in [1.29, 1.82) is 0 Å². The van der Waals surface area contributed by atoms with Gasteiger partial charge in [0.25, 0.3) is 0 Å². The van der Waals surface area contributed by atoms with E-state index in [1.165, 1.54) is 6.07 Å². The standard InChI is InChI=1S/C25H33FN4O4.ClH/c1-28(17-8-10-29(11-9-17)23-14-20(33-2)5-6-22(23)26)24-7-4-18(15-27-24)30-16-21(34-3)12-19(30)13-25(31)32;/h4-7,14-15,17,19,21H,8-13,16H2,1-3H3,(H,31,32);1H/t19-,21-;/m1./s1. The lowest BCUT2D eigenvalue weighted by molar-refractivity contribution is -0.137. The second-order valence-corrected chi connectivity index (χ2v) is 9.02. The Labute approximate surface area is 212 Å². The van der Waals surface area contributed by atoms with Crippen molar-refractivity contribution in [1.82, 2.24) is 4.98 Å². The Morgan fingerprint density at radius 2 is 1.97 bits per heavy atom. The molecule has 0 radical (unpaired) electrons. The maximum atomic E-state index is 14.4. The van der Waals surface area contributed by atoms with Gasteiger partial charge >= 0.3 is 5.97 Å². The smallest absolute Gasteiger partial charge is 0.305 e. The van der Waals surface area contributed by atoms with Crippen molar-refractivity contribution >= 4 is 35.6 Å². The summed E-state index contributed by atoms with van der Waals surface area (Å²) in [5.74, 6) is 0.479. The number of pyridine rings is 1. The summed E-state index contributed by atoms with van der Waals surface area (Å²) in [6, 6.07) is 9.03. The first kappa shape index (κ1) is 26.8. The summed E-state index contributed by atoms with van der Waals surface area (Å²) in [6.45, 7) is 2.16. The highest BCUT2D eigenvalue weighted by Crippen LogP contribution is 2.31. The minimum atomic E-state index is -0.809. The van der Waals surface area contributed by atoms with Crippen LogP contribution in [0.25, 0.3) is 0 Å². The number of carbonyl (C=O) groups is 1. The Morgan fingerprint density at radius 1 is 1.23 bits per heavy atom. The van der Waals surface area contributed by atoms with E-state index in [1.54, 1.807) is 26.4 Å². The molecule has 8 nitrogen and oxygen atoms in total. The fourth-order valence-electron chi connectivity index (χ4n) is 5.06. The molecule has 0 saturated carbocycles. The summed E-state index contributed by atoms with van der Waals surface area (Å²) in [4.78, 5) is 22.3. The number of methoxy groups -OCH3 is 2. The number of hydrogen-bond donors (Lipinski definition) is 1. The zero-order chi connectivity index (χ0) is 24.2. The third-order valence-corrected chi connectivity index (χ3v) is 7.05. The third kappa shape index (κ3) is 6.08. The Hall–Kier alpha value is -2.78. The fourth-order valence-corrected chi connectivity index (χ4v) is 5.06. The van der Waals surface area contributed by atoms with Crippen molar-refractivity contribution in [3.8, 4) is 5.75 Å². The predicted octanol–water partition coefficient (Wildman–Crippen LogP) is 3.82. The molecule has 2 aromatic rings. The van der Waals surface area contributed by atoms with Gasteiger partial charge in [0.1, 0.15) is 17.4 Å². The summed E-state index contributed by atoms with van der Waals surface area (Å²) in [5, 5.41) is 9.27. The molecule has 0 spiro atoms. The number of aromatic nitrogens is 1. The number of halogens is 2. The molecule has 0 amide bonds.